The molecule has 0 aromatic heterocycles. The number of nitrogens with one attached hydrogen (secondary N) is 2. The van der Waals surface area contributed by atoms with E-state index in [1.54, 1.807) is 25.2 Å². The number of carbonyl (C=O) groups excluding carboxylic acids is 1. The van der Waals surface area contributed by atoms with Crippen LogP contribution in [0.15, 0.2) is 58.4 Å². The van der Waals surface area contributed by atoms with E-state index in [0.717, 1.165) is 24.2 Å². The lowest BCUT2D eigenvalue weighted by molar-refractivity contribution is -0.117. The van der Waals surface area contributed by atoms with E-state index in [4.69, 9.17) is 0 Å². The fourth-order valence-corrected chi connectivity index (χ4v) is 4.51. The Hall–Kier alpha value is -2.18. The summed E-state index contributed by atoms with van der Waals surface area (Å²) < 4.78 is 26.3. The van der Waals surface area contributed by atoms with Gasteiger partial charge in [0, 0.05) is 52.9 Å². The Morgan fingerprint density at radius 2 is 1.72 bits per heavy atom. The van der Waals surface area contributed by atoms with Crippen molar-refractivity contribution in [2.45, 2.75) is 30.8 Å². The van der Waals surface area contributed by atoms with Crippen LogP contribution >= 0.6 is 24.0 Å². The van der Waals surface area contributed by atoms with E-state index in [0.29, 0.717) is 31.0 Å². The van der Waals surface area contributed by atoms with Gasteiger partial charge in [0.2, 0.25) is 15.9 Å². The van der Waals surface area contributed by atoms with Crippen molar-refractivity contribution in [3.05, 3.63) is 59.7 Å². The molecular weight excluding hydrogens is 541 g/mol. The molecule has 0 radical (unpaired) electrons. The minimum Gasteiger partial charge on any atom is -0.352 e. The molecule has 0 spiro atoms. The first kappa shape index (κ1) is 26.1. The SMILES string of the molecule is CN=C(NCc1ccc(N2CCCC2=O)cc1)NCc1ccccc1S(=O)(=O)N(C)C.I. The summed E-state index contributed by atoms with van der Waals surface area (Å²) in [6, 6.07) is 14.8. The van der Waals surface area contributed by atoms with Crippen LogP contribution in [0, 0.1) is 0 Å². The molecule has 1 aliphatic heterocycles. The first-order chi connectivity index (χ1) is 14.8. The summed E-state index contributed by atoms with van der Waals surface area (Å²) in [5, 5.41) is 6.41. The van der Waals surface area contributed by atoms with Crippen LogP contribution in [-0.4, -0.2) is 52.3 Å². The van der Waals surface area contributed by atoms with Crippen molar-refractivity contribution in [3.8, 4) is 0 Å². The van der Waals surface area contributed by atoms with Crippen molar-refractivity contribution < 1.29 is 13.2 Å². The zero-order chi connectivity index (χ0) is 22.4. The Balaban J connectivity index is 0.00000363. The molecule has 1 fully saturated rings. The van der Waals surface area contributed by atoms with Gasteiger partial charge in [-0.2, -0.15) is 0 Å². The van der Waals surface area contributed by atoms with Gasteiger partial charge in [0.05, 0.1) is 4.90 Å². The van der Waals surface area contributed by atoms with Crippen molar-refractivity contribution in [2.75, 3.05) is 32.6 Å². The number of carbonyl (C=O) groups is 1. The molecule has 10 heteroatoms. The normalized spacial score (nSPS) is 14.4. The third kappa shape index (κ3) is 6.20. The number of hydrogen-bond acceptors (Lipinski definition) is 4. The summed E-state index contributed by atoms with van der Waals surface area (Å²) in [5.41, 5.74) is 2.64. The summed E-state index contributed by atoms with van der Waals surface area (Å²) in [6.07, 6.45) is 1.52. The average Bonchev–Trinajstić information content (AvgIpc) is 3.20. The number of hydrogen-bond donors (Lipinski definition) is 2. The summed E-state index contributed by atoms with van der Waals surface area (Å²) in [4.78, 5) is 18.2. The zero-order valence-electron chi connectivity index (χ0n) is 18.5. The lowest BCUT2D eigenvalue weighted by Crippen LogP contribution is -2.36. The van der Waals surface area contributed by atoms with E-state index in [1.165, 1.54) is 18.4 Å². The van der Waals surface area contributed by atoms with Crippen LogP contribution in [0.25, 0.3) is 0 Å². The van der Waals surface area contributed by atoms with Crippen molar-refractivity contribution in [3.63, 3.8) is 0 Å². The lowest BCUT2D eigenvalue weighted by atomic mass is 10.2. The number of sulfonamides is 1. The second-order valence-corrected chi connectivity index (χ2v) is 9.61. The third-order valence-corrected chi connectivity index (χ3v) is 7.10. The van der Waals surface area contributed by atoms with Gasteiger partial charge in [0.1, 0.15) is 0 Å². The summed E-state index contributed by atoms with van der Waals surface area (Å²) in [5.74, 6) is 0.739. The van der Waals surface area contributed by atoms with Gasteiger partial charge in [-0.25, -0.2) is 12.7 Å². The van der Waals surface area contributed by atoms with E-state index in [-0.39, 0.29) is 34.8 Å². The molecule has 32 heavy (non-hydrogen) atoms. The van der Waals surface area contributed by atoms with Gasteiger partial charge >= 0.3 is 0 Å². The van der Waals surface area contributed by atoms with Crippen LogP contribution in [0.1, 0.15) is 24.0 Å². The quantitative estimate of drug-likeness (QED) is 0.303. The molecule has 0 saturated carbocycles. The van der Waals surface area contributed by atoms with Crippen LogP contribution in [0.5, 0.6) is 0 Å². The van der Waals surface area contributed by atoms with Gasteiger partial charge in [-0.15, -0.1) is 24.0 Å². The van der Waals surface area contributed by atoms with Crippen molar-refractivity contribution >= 4 is 51.6 Å². The fraction of sp³-hybridized carbons (Fsp3) is 0.364. The van der Waals surface area contributed by atoms with Crippen LogP contribution in [0.2, 0.25) is 0 Å². The highest BCUT2D eigenvalue weighted by molar-refractivity contribution is 14.0. The van der Waals surface area contributed by atoms with Gasteiger partial charge in [-0.1, -0.05) is 30.3 Å². The molecule has 1 heterocycles. The Labute approximate surface area is 207 Å². The third-order valence-electron chi connectivity index (χ3n) is 5.18. The maximum absolute atomic E-state index is 12.5. The Morgan fingerprint density at radius 1 is 1.06 bits per heavy atom. The maximum atomic E-state index is 12.5. The van der Waals surface area contributed by atoms with E-state index in [9.17, 15) is 13.2 Å². The number of amides is 1. The van der Waals surface area contributed by atoms with Crippen LogP contribution in [0.3, 0.4) is 0 Å². The molecule has 2 aromatic rings. The highest BCUT2D eigenvalue weighted by Gasteiger charge is 2.22. The molecule has 1 saturated heterocycles. The average molecular weight is 571 g/mol. The van der Waals surface area contributed by atoms with E-state index >= 15 is 0 Å². The van der Waals surface area contributed by atoms with Crippen molar-refractivity contribution in [1.82, 2.24) is 14.9 Å². The van der Waals surface area contributed by atoms with Crippen molar-refractivity contribution in [1.29, 1.82) is 0 Å². The molecule has 0 bridgehead atoms. The molecule has 2 aromatic carbocycles. The van der Waals surface area contributed by atoms with Crippen LogP contribution in [-0.2, 0) is 27.9 Å². The summed E-state index contributed by atoms with van der Waals surface area (Å²) in [6.45, 7) is 1.64. The van der Waals surface area contributed by atoms with E-state index in [2.05, 4.69) is 15.6 Å². The number of anilines is 1. The summed E-state index contributed by atoms with van der Waals surface area (Å²) >= 11 is 0. The minimum atomic E-state index is -3.53. The highest BCUT2D eigenvalue weighted by atomic mass is 127. The van der Waals surface area contributed by atoms with Crippen molar-refractivity contribution in [2.24, 2.45) is 4.99 Å². The molecule has 8 nitrogen and oxygen atoms in total. The number of guanidine groups is 1. The predicted molar refractivity (Wildman–Crippen MR) is 138 cm³/mol. The number of aliphatic imine (C=N–C) groups is 1. The standard InChI is InChI=1S/C22H29N5O3S.HI/c1-23-22(25-16-18-7-4-5-8-20(18)31(29,30)26(2)3)24-15-17-10-12-19(13-11-17)27-14-6-9-21(27)28;/h4-5,7-8,10-13H,6,9,14-16H2,1-3H3,(H2,23,24,25);1H. The first-order valence-electron chi connectivity index (χ1n) is 10.2. The Bertz CT molecular complexity index is 1060. The van der Waals surface area contributed by atoms with Gasteiger partial charge < -0.3 is 15.5 Å². The molecule has 174 valence electrons. The molecule has 1 aliphatic rings. The van der Waals surface area contributed by atoms with Gasteiger partial charge in [0.15, 0.2) is 5.96 Å². The number of rotatable bonds is 7. The van der Waals surface area contributed by atoms with Crippen LogP contribution < -0.4 is 15.5 Å². The van der Waals surface area contributed by atoms with E-state index < -0.39 is 10.0 Å². The van der Waals surface area contributed by atoms with Gasteiger partial charge in [-0.3, -0.25) is 9.79 Å². The Morgan fingerprint density at radius 3 is 2.31 bits per heavy atom. The largest absolute Gasteiger partial charge is 0.352 e. The second kappa shape index (κ2) is 11.6. The molecular formula is C22H30IN5O3S. The number of nitrogens with zero attached hydrogens (tertiary/aromatic N) is 3. The fourth-order valence-electron chi connectivity index (χ4n) is 3.40. The van der Waals surface area contributed by atoms with E-state index in [1.807, 2.05) is 35.2 Å². The molecule has 0 atom stereocenters. The van der Waals surface area contributed by atoms with Gasteiger partial charge in [-0.05, 0) is 35.7 Å². The zero-order valence-corrected chi connectivity index (χ0v) is 21.7. The molecule has 2 N–H and O–H groups in total. The topological polar surface area (TPSA) is 94.1 Å². The number of halogens is 1. The minimum absolute atomic E-state index is 0. The molecule has 0 unspecified atom stereocenters. The first-order valence-corrected chi connectivity index (χ1v) is 11.6. The maximum Gasteiger partial charge on any atom is 0.242 e. The summed E-state index contributed by atoms with van der Waals surface area (Å²) in [7, 11) is 1.18. The number of benzene rings is 2. The van der Waals surface area contributed by atoms with Gasteiger partial charge in [0.25, 0.3) is 0 Å². The predicted octanol–water partition coefficient (Wildman–Crippen LogP) is 2.55. The molecule has 0 aliphatic carbocycles. The van der Waals surface area contributed by atoms with Crippen LogP contribution in [0.4, 0.5) is 5.69 Å². The second-order valence-electron chi connectivity index (χ2n) is 7.49. The highest BCUT2D eigenvalue weighted by Crippen LogP contribution is 2.21. The molecule has 1 amide bonds. The Kier molecular flexibility index (Phi) is 9.47. The monoisotopic (exact) mass is 571 g/mol. The lowest BCUT2D eigenvalue weighted by Gasteiger charge is -2.17. The smallest absolute Gasteiger partial charge is 0.242 e. The molecule has 3 rings (SSSR count).